The number of anilines is 1. The number of halogens is 1. The van der Waals surface area contributed by atoms with Crippen LogP contribution < -0.4 is 11.1 Å². The average Bonchev–Trinajstić information content (AvgIpc) is 2.41. The van der Waals surface area contributed by atoms with Crippen LogP contribution in [0.3, 0.4) is 0 Å². The molecule has 110 valence electrons. The lowest BCUT2D eigenvalue weighted by Gasteiger charge is -2.30. The summed E-state index contributed by atoms with van der Waals surface area (Å²) in [5, 5.41) is 3.64. The van der Waals surface area contributed by atoms with Gasteiger partial charge in [-0.25, -0.2) is 0 Å². The molecule has 2 rings (SSSR count). The molecule has 0 spiro atoms. The molecule has 4 heteroatoms. The Bertz CT molecular complexity index is 468. The lowest BCUT2D eigenvalue weighted by atomic mass is 9.83. The zero-order valence-corrected chi connectivity index (χ0v) is 14.4. The molecule has 1 saturated carbocycles. The van der Waals surface area contributed by atoms with E-state index in [4.69, 9.17) is 18.0 Å². The van der Waals surface area contributed by atoms with Crippen molar-refractivity contribution < 1.29 is 0 Å². The van der Waals surface area contributed by atoms with Gasteiger partial charge in [-0.15, -0.1) is 0 Å². The maximum absolute atomic E-state index is 5.81. The molecule has 0 bridgehead atoms. The third-order valence-corrected chi connectivity index (χ3v) is 4.86. The zero-order chi connectivity index (χ0) is 14.5. The number of nitrogens with two attached hydrogens (primary N) is 1. The van der Waals surface area contributed by atoms with Crippen molar-refractivity contribution >= 4 is 38.8 Å². The zero-order valence-electron chi connectivity index (χ0n) is 12.0. The molecular weight excluding hydrogens is 332 g/mol. The maximum Gasteiger partial charge on any atom is 0.106 e. The molecule has 20 heavy (non-hydrogen) atoms. The summed E-state index contributed by atoms with van der Waals surface area (Å²) < 4.78 is 1.06. The van der Waals surface area contributed by atoms with Crippen molar-refractivity contribution in [1.82, 2.24) is 0 Å². The van der Waals surface area contributed by atoms with E-state index in [2.05, 4.69) is 34.2 Å². The number of hydrogen-bond donors (Lipinski definition) is 2. The number of thiocarbonyl (C=S) groups is 1. The van der Waals surface area contributed by atoms with Crippen LogP contribution in [-0.2, 0) is 0 Å². The van der Waals surface area contributed by atoms with Crippen LogP contribution in [-0.4, -0.2) is 11.0 Å². The summed E-state index contributed by atoms with van der Waals surface area (Å²) in [4.78, 5) is 0.458. The van der Waals surface area contributed by atoms with Gasteiger partial charge in [-0.2, -0.15) is 0 Å². The highest BCUT2D eigenvalue weighted by atomic mass is 79.9. The van der Waals surface area contributed by atoms with Gasteiger partial charge in [0.2, 0.25) is 0 Å². The fourth-order valence-electron chi connectivity index (χ4n) is 3.07. The van der Waals surface area contributed by atoms with Crippen molar-refractivity contribution in [3.05, 3.63) is 28.2 Å². The van der Waals surface area contributed by atoms with Crippen LogP contribution >= 0.6 is 28.1 Å². The van der Waals surface area contributed by atoms with E-state index in [1.807, 2.05) is 12.1 Å². The first-order valence-electron chi connectivity index (χ1n) is 7.46. The van der Waals surface area contributed by atoms with E-state index in [9.17, 15) is 0 Å². The molecule has 0 aromatic heterocycles. The summed E-state index contributed by atoms with van der Waals surface area (Å²) in [6.07, 6.45) is 7.84. The molecule has 1 aromatic carbocycles. The summed E-state index contributed by atoms with van der Waals surface area (Å²) in [5.41, 5.74) is 7.81. The molecule has 3 N–H and O–H groups in total. The molecule has 0 atom stereocenters. The molecule has 0 unspecified atom stereocenters. The SMILES string of the molecule is CCCC1CCC(Nc2cc(Br)ccc2C(N)=S)CC1. The van der Waals surface area contributed by atoms with E-state index in [0.717, 1.165) is 21.6 Å². The molecule has 1 aliphatic carbocycles. The molecule has 1 aromatic rings. The summed E-state index contributed by atoms with van der Waals surface area (Å²) >= 11 is 8.65. The van der Waals surface area contributed by atoms with E-state index in [1.165, 1.54) is 38.5 Å². The van der Waals surface area contributed by atoms with Crippen molar-refractivity contribution in [1.29, 1.82) is 0 Å². The monoisotopic (exact) mass is 354 g/mol. The summed E-state index contributed by atoms with van der Waals surface area (Å²) in [6.45, 7) is 2.28. The van der Waals surface area contributed by atoms with E-state index < -0.39 is 0 Å². The quantitative estimate of drug-likeness (QED) is 0.741. The number of nitrogens with one attached hydrogen (secondary N) is 1. The molecule has 1 fully saturated rings. The lowest BCUT2D eigenvalue weighted by molar-refractivity contribution is 0.319. The molecule has 2 nitrogen and oxygen atoms in total. The molecule has 1 aliphatic rings. The van der Waals surface area contributed by atoms with Gasteiger partial charge < -0.3 is 11.1 Å². The Balaban J connectivity index is 2.00. The summed E-state index contributed by atoms with van der Waals surface area (Å²) in [5.74, 6) is 0.926. The Morgan fingerprint density at radius 2 is 2.05 bits per heavy atom. The topological polar surface area (TPSA) is 38.0 Å². The van der Waals surface area contributed by atoms with Gasteiger partial charge in [0, 0.05) is 21.8 Å². The predicted molar refractivity (Wildman–Crippen MR) is 94.3 cm³/mol. The second kappa shape index (κ2) is 7.41. The Morgan fingerprint density at radius 1 is 1.35 bits per heavy atom. The second-order valence-electron chi connectivity index (χ2n) is 5.70. The van der Waals surface area contributed by atoms with Gasteiger partial charge >= 0.3 is 0 Å². The minimum Gasteiger partial charge on any atom is -0.389 e. The highest BCUT2D eigenvalue weighted by Crippen LogP contribution is 2.31. The highest BCUT2D eigenvalue weighted by Gasteiger charge is 2.21. The van der Waals surface area contributed by atoms with Gasteiger partial charge in [-0.3, -0.25) is 0 Å². The smallest absolute Gasteiger partial charge is 0.106 e. The lowest BCUT2D eigenvalue weighted by Crippen LogP contribution is -2.27. The normalized spacial score (nSPS) is 22.5. The first-order valence-corrected chi connectivity index (χ1v) is 8.66. The largest absolute Gasteiger partial charge is 0.389 e. The van der Waals surface area contributed by atoms with Gasteiger partial charge in [0.1, 0.15) is 4.99 Å². The van der Waals surface area contributed by atoms with E-state index in [-0.39, 0.29) is 0 Å². The molecule has 0 amide bonds. The standard InChI is InChI=1S/C16H23BrN2S/c1-2-3-11-4-7-13(8-5-11)19-15-10-12(17)6-9-14(15)16(18)20/h6,9-11,13,19H,2-5,7-8H2,1H3,(H2,18,20). The molecule has 0 heterocycles. The van der Waals surface area contributed by atoms with Gasteiger partial charge in [-0.05, 0) is 49.8 Å². The van der Waals surface area contributed by atoms with E-state index >= 15 is 0 Å². The maximum atomic E-state index is 5.81. The van der Waals surface area contributed by atoms with Crippen molar-refractivity contribution in [2.75, 3.05) is 5.32 Å². The Hall–Kier alpha value is -0.610. The third-order valence-electron chi connectivity index (χ3n) is 4.15. The first-order chi connectivity index (χ1) is 9.60. The molecule has 0 aliphatic heterocycles. The van der Waals surface area contributed by atoms with Gasteiger partial charge in [0.05, 0.1) is 0 Å². The Labute approximate surface area is 135 Å². The highest BCUT2D eigenvalue weighted by molar-refractivity contribution is 9.10. The van der Waals surface area contributed by atoms with Crippen LogP contribution in [0.5, 0.6) is 0 Å². The van der Waals surface area contributed by atoms with E-state index in [0.29, 0.717) is 11.0 Å². The molecule has 0 saturated heterocycles. The van der Waals surface area contributed by atoms with Crippen LogP contribution in [0.1, 0.15) is 51.0 Å². The number of hydrogen-bond acceptors (Lipinski definition) is 2. The Morgan fingerprint density at radius 3 is 2.65 bits per heavy atom. The summed E-state index contributed by atoms with van der Waals surface area (Å²) in [6, 6.07) is 6.59. The van der Waals surface area contributed by atoms with E-state index in [1.54, 1.807) is 0 Å². The van der Waals surface area contributed by atoms with Gasteiger partial charge in [0.15, 0.2) is 0 Å². The number of rotatable bonds is 5. The van der Waals surface area contributed by atoms with Crippen molar-refractivity contribution in [3.63, 3.8) is 0 Å². The van der Waals surface area contributed by atoms with Crippen LogP contribution in [0.25, 0.3) is 0 Å². The number of benzene rings is 1. The average molecular weight is 355 g/mol. The molecular formula is C16H23BrN2S. The fraction of sp³-hybridized carbons (Fsp3) is 0.562. The van der Waals surface area contributed by atoms with Gasteiger partial charge in [0.25, 0.3) is 0 Å². The van der Waals surface area contributed by atoms with Crippen LogP contribution in [0.2, 0.25) is 0 Å². The minimum absolute atomic E-state index is 0.458. The third kappa shape index (κ3) is 4.19. The van der Waals surface area contributed by atoms with Crippen LogP contribution in [0.4, 0.5) is 5.69 Å². The van der Waals surface area contributed by atoms with Crippen LogP contribution in [0, 0.1) is 5.92 Å². The Kier molecular flexibility index (Phi) is 5.85. The van der Waals surface area contributed by atoms with Gasteiger partial charge in [-0.1, -0.05) is 47.9 Å². The minimum atomic E-state index is 0.458. The fourth-order valence-corrected chi connectivity index (χ4v) is 3.61. The van der Waals surface area contributed by atoms with Crippen molar-refractivity contribution in [2.45, 2.75) is 51.5 Å². The second-order valence-corrected chi connectivity index (χ2v) is 7.06. The van der Waals surface area contributed by atoms with Crippen molar-refractivity contribution in [3.8, 4) is 0 Å². The predicted octanol–water partition coefficient (Wildman–Crippen LogP) is 4.85. The first kappa shape index (κ1) is 15.8. The van der Waals surface area contributed by atoms with Crippen molar-refractivity contribution in [2.24, 2.45) is 11.7 Å². The van der Waals surface area contributed by atoms with Crippen LogP contribution in [0.15, 0.2) is 22.7 Å². The summed E-state index contributed by atoms with van der Waals surface area (Å²) in [7, 11) is 0. The molecule has 0 radical (unpaired) electrons.